The average molecular weight is 315 g/mol. The first-order chi connectivity index (χ1) is 10.2. The van der Waals surface area contributed by atoms with Gasteiger partial charge in [-0.3, -0.25) is 10.1 Å². The van der Waals surface area contributed by atoms with E-state index in [2.05, 4.69) is 5.32 Å². The lowest BCUT2D eigenvalue weighted by atomic mass is 9.84. The molecular formula is C16H29NO3S. The highest BCUT2D eigenvalue weighted by molar-refractivity contribution is 7.99. The van der Waals surface area contributed by atoms with Gasteiger partial charge in [0.1, 0.15) is 5.54 Å². The van der Waals surface area contributed by atoms with Crippen molar-refractivity contribution in [2.24, 2.45) is 5.92 Å². The van der Waals surface area contributed by atoms with E-state index in [1.807, 2.05) is 18.7 Å². The maximum Gasteiger partial charge on any atom is 0.326 e. The van der Waals surface area contributed by atoms with Crippen LogP contribution in [0.25, 0.3) is 0 Å². The van der Waals surface area contributed by atoms with Crippen molar-refractivity contribution in [1.29, 1.82) is 0 Å². The molecule has 2 rings (SSSR count). The normalized spacial score (nSPS) is 28.8. The van der Waals surface area contributed by atoms with Crippen molar-refractivity contribution in [3.63, 3.8) is 0 Å². The zero-order chi connectivity index (χ0) is 15.1. The largest absolute Gasteiger partial charge is 0.465 e. The van der Waals surface area contributed by atoms with E-state index in [9.17, 15) is 4.79 Å². The molecule has 0 heterocycles. The van der Waals surface area contributed by atoms with Crippen LogP contribution in [0, 0.1) is 5.92 Å². The van der Waals surface area contributed by atoms with Crippen LogP contribution in [0.3, 0.4) is 0 Å². The van der Waals surface area contributed by atoms with Gasteiger partial charge in [-0.25, -0.2) is 0 Å². The number of carbonyl (C=O) groups is 1. The van der Waals surface area contributed by atoms with Gasteiger partial charge >= 0.3 is 5.97 Å². The van der Waals surface area contributed by atoms with Crippen LogP contribution < -0.4 is 5.32 Å². The second-order valence-corrected chi connectivity index (χ2v) is 7.40. The van der Waals surface area contributed by atoms with Crippen molar-refractivity contribution in [1.82, 2.24) is 5.32 Å². The molecule has 2 unspecified atom stereocenters. The van der Waals surface area contributed by atoms with Gasteiger partial charge in [0, 0.05) is 12.6 Å². The predicted octanol–water partition coefficient (Wildman–Crippen LogP) is 2.35. The second kappa shape index (κ2) is 8.39. The summed E-state index contributed by atoms with van der Waals surface area (Å²) in [4.78, 5) is 12.6. The molecule has 0 bridgehead atoms. The molecule has 2 fully saturated rings. The average Bonchev–Trinajstić information content (AvgIpc) is 3.19. The number of hydrogen-bond donors (Lipinski definition) is 2. The highest BCUT2D eigenvalue weighted by atomic mass is 32.2. The van der Waals surface area contributed by atoms with Gasteiger partial charge in [0.15, 0.2) is 0 Å². The Labute approximate surface area is 132 Å². The van der Waals surface area contributed by atoms with Crippen LogP contribution >= 0.6 is 11.8 Å². The molecule has 2 atom stereocenters. The molecule has 0 radical (unpaired) electrons. The van der Waals surface area contributed by atoms with Crippen LogP contribution in [-0.4, -0.2) is 47.4 Å². The number of aliphatic hydroxyl groups is 1. The van der Waals surface area contributed by atoms with Crippen molar-refractivity contribution in [3.05, 3.63) is 0 Å². The number of aliphatic hydroxyl groups excluding tert-OH is 1. The number of rotatable bonds is 10. The summed E-state index contributed by atoms with van der Waals surface area (Å²) in [6, 6.07) is 0.525. The Morgan fingerprint density at radius 2 is 2.19 bits per heavy atom. The monoisotopic (exact) mass is 315 g/mol. The second-order valence-electron chi connectivity index (χ2n) is 6.18. The predicted molar refractivity (Wildman–Crippen MR) is 86.5 cm³/mol. The third-order valence-electron chi connectivity index (χ3n) is 4.56. The number of nitrogens with one attached hydrogen (secondary N) is 1. The number of carbonyl (C=O) groups excluding carboxylic acids is 1. The number of ether oxygens (including phenoxy) is 1. The molecule has 0 aromatic rings. The van der Waals surface area contributed by atoms with Gasteiger partial charge in [-0.2, -0.15) is 11.8 Å². The summed E-state index contributed by atoms with van der Waals surface area (Å²) in [5.41, 5.74) is -0.422. The molecule has 0 amide bonds. The van der Waals surface area contributed by atoms with E-state index < -0.39 is 5.54 Å². The molecule has 0 aliphatic heterocycles. The van der Waals surface area contributed by atoms with E-state index in [0.717, 1.165) is 43.6 Å². The standard InChI is InChI=1S/C16H29NO3S/c1-2-20-15(19)16(17-14-6-7-14)9-3-5-13(16)8-12-21-11-4-10-18/h13-14,17-18H,2-12H2,1H3. The van der Waals surface area contributed by atoms with Gasteiger partial charge in [-0.05, 0) is 62.9 Å². The summed E-state index contributed by atoms with van der Waals surface area (Å²) in [5, 5.41) is 12.4. The third-order valence-corrected chi connectivity index (χ3v) is 5.66. The summed E-state index contributed by atoms with van der Waals surface area (Å²) < 4.78 is 5.39. The molecule has 21 heavy (non-hydrogen) atoms. The summed E-state index contributed by atoms with van der Waals surface area (Å²) in [6.07, 6.45) is 7.48. The first-order valence-corrected chi connectivity index (χ1v) is 9.52. The molecule has 0 aromatic heterocycles. The minimum atomic E-state index is -0.422. The van der Waals surface area contributed by atoms with Gasteiger partial charge < -0.3 is 9.84 Å². The fraction of sp³-hybridized carbons (Fsp3) is 0.938. The topological polar surface area (TPSA) is 58.6 Å². The minimum Gasteiger partial charge on any atom is -0.465 e. The van der Waals surface area contributed by atoms with Crippen molar-refractivity contribution in [2.75, 3.05) is 24.7 Å². The van der Waals surface area contributed by atoms with Crippen molar-refractivity contribution >= 4 is 17.7 Å². The molecule has 2 aliphatic carbocycles. The van der Waals surface area contributed by atoms with Gasteiger partial charge in [-0.15, -0.1) is 0 Å². The van der Waals surface area contributed by atoms with E-state index >= 15 is 0 Å². The van der Waals surface area contributed by atoms with Crippen molar-refractivity contribution in [2.45, 2.75) is 63.5 Å². The number of thioether (sulfide) groups is 1. The molecule has 2 saturated carbocycles. The summed E-state index contributed by atoms with van der Waals surface area (Å²) in [7, 11) is 0. The number of hydrogen-bond acceptors (Lipinski definition) is 5. The van der Waals surface area contributed by atoms with Crippen LogP contribution in [0.1, 0.15) is 51.9 Å². The summed E-state index contributed by atoms with van der Waals surface area (Å²) in [6.45, 7) is 2.62. The maximum atomic E-state index is 12.6. The number of esters is 1. The molecule has 0 saturated heterocycles. The van der Waals surface area contributed by atoms with Crippen molar-refractivity contribution < 1.29 is 14.6 Å². The van der Waals surface area contributed by atoms with Crippen LogP contribution in [0.5, 0.6) is 0 Å². The Hall–Kier alpha value is -0.260. The Morgan fingerprint density at radius 3 is 2.86 bits per heavy atom. The summed E-state index contributed by atoms with van der Waals surface area (Å²) in [5.74, 6) is 2.45. The molecule has 2 aliphatic rings. The van der Waals surface area contributed by atoms with Gasteiger partial charge in [0.05, 0.1) is 6.61 Å². The highest BCUT2D eigenvalue weighted by Crippen LogP contribution is 2.41. The highest BCUT2D eigenvalue weighted by Gasteiger charge is 2.51. The van der Waals surface area contributed by atoms with Crippen LogP contribution in [0.2, 0.25) is 0 Å². The molecule has 122 valence electrons. The fourth-order valence-electron chi connectivity index (χ4n) is 3.33. The Bertz CT molecular complexity index is 335. The maximum absolute atomic E-state index is 12.6. The smallest absolute Gasteiger partial charge is 0.326 e. The molecule has 4 nitrogen and oxygen atoms in total. The van der Waals surface area contributed by atoms with Crippen LogP contribution in [0.15, 0.2) is 0 Å². The van der Waals surface area contributed by atoms with E-state index in [-0.39, 0.29) is 12.6 Å². The molecule has 0 aromatic carbocycles. The molecule has 0 spiro atoms. The fourth-order valence-corrected chi connectivity index (χ4v) is 4.32. The van der Waals surface area contributed by atoms with E-state index in [4.69, 9.17) is 9.84 Å². The van der Waals surface area contributed by atoms with E-state index in [1.165, 1.54) is 12.8 Å². The van der Waals surface area contributed by atoms with Crippen LogP contribution in [0.4, 0.5) is 0 Å². The lowest BCUT2D eigenvalue weighted by Crippen LogP contribution is -2.56. The zero-order valence-electron chi connectivity index (χ0n) is 13.1. The zero-order valence-corrected chi connectivity index (χ0v) is 13.9. The van der Waals surface area contributed by atoms with Gasteiger partial charge in [-0.1, -0.05) is 6.42 Å². The molecular weight excluding hydrogens is 286 g/mol. The van der Waals surface area contributed by atoms with Crippen LogP contribution in [-0.2, 0) is 9.53 Å². The molecule has 5 heteroatoms. The Morgan fingerprint density at radius 1 is 1.38 bits per heavy atom. The molecule has 2 N–H and O–H groups in total. The first-order valence-electron chi connectivity index (χ1n) is 8.36. The van der Waals surface area contributed by atoms with E-state index in [1.54, 1.807) is 0 Å². The SMILES string of the molecule is CCOC(=O)C1(NC2CC2)CCCC1CCSCCCO. The quantitative estimate of drug-likeness (QED) is 0.479. The lowest BCUT2D eigenvalue weighted by molar-refractivity contribution is -0.153. The van der Waals surface area contributed by atoms with Gasteiger partial charge in [0.25, 0.3) is 0 Å². The minimum absolute atomic E-state index is 0.0280. The van der Waals surface area contributed by atoms with Crippen molar-refractivity contribution in [3.8, 4) is 0 Å². The third kappa shape index (κ3) is 4.60. The Kier molecular flexibility index (Phi) is 6.83. The lowest BCUT2D eigenvalue weighted by Gasteiger charge is -2.34. The Balaban J connectivity index is 1.90. The first kappa shape index (κ1) is 17.1. The van der Waals surface area contributed by atoms with E-state index in [0.29, 0.717) is 18.6 Å². The summed E-state index contributed by atoms with van der Waals surface area (Å²) >= 11 is 1.89. The van der Waals surface area contributed by atoms with Gasteiger partial charge in [0.2, 0.25) is 0 Å².